The Morgan fingerprint density at radius 2 is 2.19 bits per heavy atom. The summed E-state index contributed by atoms with van der Waals surface area (Å²) in [5, 5.41) is 11.0. The Labute approximate surface area is 97.0 Å². The van der Waals surface area contributed by atoms with Crippen molar-refractivity contribution in [3.05, 3.63) is 17.0 Å². The molecule has 1 atom stereocenters. The molecule has 16 heavy (non-hydrogen) atoms. The minimum Gasteiger partial charge on any atom is -0.329 e. The van der Waals surface area contributed by atoms with Crippen LogP contribution in [0.2, 0.25) is 0 Å². The van der Waals surface area contributed by atoms with Crippen LogP contribution in [0.4, 0.5) is 0 Å². The van der Waals surface area contributed by atoms with Crippen molar-refractivity contribution in [3.8, 4) is 0 Å². The molecule has 4 N–H and O–H groups in total. The number of rotatable bonds is 4. The number of nitrogens with one attached hydrogen (secondary N) is 2. The van der Waals surface area contributed by atoms with Crippen LogP contribution in [-0.2, 0) is 19.4 Å². The fourth-order valence-electron chi connectivity index (χ4n) is 2.23. The van der Waals surface area contributed by atoms with E-state index in [-0.39, 0.29) is 0 Å². The van der Waals surface area contributed by atoms with Crippen LogP contribution in [0.1, 0.15) is 43.1 Å². The van der Waals surface area contributed by atoms with Crippen LogP contribution >= 0.6 is 0 Å². The lowest BCUT2D eigenvalue weighted by molar-refractivity contribution is 0.547. The molecule has 4 nitrogen and oxygen atoms in total. The third kappa shape index (κ3) is 2.62. The second-order valence-electron chi connectivity index (χ2n) is 4.71. The molecule has 0 aromatic carbocycles. The number of aryl methyl sites for hydroxylation is 1. The van der Waals surface area contributed by atoms with Crippen LogP contribution in [-0.4, -0.2) is 22.8 Å². The molecule has 0 unspecified atom stereocenters. The van der Waals surface area contributed by atoms with Crippen molar-refractivity contribution in [1.82, 2.24) is 15.5 Å². The first-order chi connectivity index (χ1) is 7.81. The van der Waals surface area contributed by atoms with Gasteiger partial charge in [0.25, 0.3) is 0 Å². The molecule has 1 heterocycles. The van der Waals surface area contributed by atoms with E-state index in [0.717, 1.165) is 13.0 Å². The molecule has 0 amide bonds. The summed E-state index contributed by atoms with van der Waals surface area (Å²) in [6.45, 7) is 3.61. The van der Waals surface area contributed by atoms with Crippen molar-refractivity contribution in [2.45, 2.75) is 51.6 Å². The van der Waals surface area contributed by atoms with Crippen LogP contribution < -0.4 is 11.1 Å². The topological polar surface area (TPSA) is 66.7 Å². The van der Waals surface area contributed by atoms with Gasteiger partial charge < -0.3 is 11.1 Å². The minimum atomic E-state index is 0.359. The number of hydrogen-bond acceptors (Lipinski definition) is 3. The van der Waals surface area contributed by atoms with Gasteiger partial charge in [0.15, 0.2) is 0 Å². The summed E-state index contributed by atoms with van der Waals surface area (Å²) < 4.78 is 0. The highest BCUT2D eigenvalue weighted by Gasteiger charge is 2.15. The molecule has 1 aliphatic carbocycles. The van der Waals surface area contributed by atoms with E-state index >= 15 is 0 Å². The highest BCUT2D eigenvalue weighted by molar-refractivity contribution is 5.26. The van der Waals surface area contributed by atoms with Gasteiger partial charge in [-0.1, -0.05) is 6.42 Å². The number of nitrogens with two attached hydrogens (primary N) is 1. The van der Waals surface area contributed by atoms with Crippen LogP contribution in [0.15, 0.2) is 0 Å². The molecule has 0 fully saturated rings. The summed E-state index contributed by atoms with van der Waals surface area (Å²) >= 11 is 0. The van der Waals surface area contributed by atoms with Crippen molar-refractivity contribution in [3.63, 3.8) is 0 Å². The fraction of sp³-hybridized carbons (Fsp3) is 0.750. The average Bonchev–Trinajstić information content (AvgIpc) is 2.54. The average molecular weight is 222 g/mol. The number of aromatic nitrogens is 2. The van der Waals surface area contributed by atoms with Crippen molar-refractivity contribution in [2.75, 3.05) is 6.54 Å². The van der Waals surface area contributed by atoms with E-state index < -0.39 is 0 Å². The van der Waals surface area contributed by atoms with E-state index in [2.05, 4.69) is 22.4 Å². The third-order valence-corrected chi connectivity index (χ3v) is 3.36. The number of nitrogens with zero attached hydrogens (tertiary/aromatic N) is 1. The molecular formula is C12H22N4. The third-order valence-electron chi connectivity index (χ3n) is 3.36. The molecule has 90 valence electrons. The van der Waals surface area contributed by atoms with E-state index in [9.17, 15) is 0 Å². The van der Waals surface area contributed by atoms with E-state index in [4.69, 9.17) is 5.73 Å². The molecule has 1 aromatic rings. The Balaban J connectivity index is 2.01. The molecule has 0 aliphatic heterocycles. The maximum absolute atomic E-state index is 5.58. The van der Waals surface area contributed by atoms with Crippen molar-refractivity contribution in [1.29, 1.82) is 0 Å². The van der Waals surface area contributed by atoms with Crippen molar-refractivity contribution in [2.24, 2.45) is 5.73 Å². The summed E-state index contributed by atoms with van der Waals surface area (Å²) in [5.74, 6) is 0. The van der Waals surface area contributed by atoms with Crippen LogP contribution in [0.25, 0.3) is 0 Å². The molecule has 1 aliphatic rings. The van der Waals surface area contributed by atoms with Crippen molar-refractivity contribution < 1.29 is 0 Å². The zero-order chi connectivity index (χ0) is 11.4. The molecule has 0 bridgehead atoms. The van der Waals surface area contributed by atoms with E-state index in [1.807, 2.05) is 0 Å². The first kappa shape index (κ1) is 11.6. The second kappa shape index (κ2) is 5.46. The summed E-state index contributed by atoms with van der Waals surface area (Å²) in [4.78, 5) is 0. The zero-order valence-electron chi connectivity index (χ0n) is 10.1. The van der Waals surface area contributed by atoms with Gasteiger partial charge in [-0.3, -0.25) is 5.10 Å². The largest absolute Gasteiger partial charge is 0.329 e. The summed E-state index contributed by atoms with van der Waals surface area (Å²) in [5.41, 5.74) is 9.58. The normalized spacial score (nSPS) is 17.9. The maximum Gasteiger partial charge on any atom is 0.0794 e. The van der Waals surface area contributed by atoms with Gasteiger partial charge in [0.05, 0.1) is 5.69 Å². The van der Waals surface area contributed by atoms with Gasteiger partial charge in [0.1, 0.15) is 0 Å². The monoisotopic (exact) mass is 222 g/mol. The maximum atomic E-state index is 5.58. The first-order valence-electron chi connectivity index (χ1n) is 6.29. The van der Waals surface area contributed by atoms with Gasteiger partial charge in [0, 0.05) is 24.8 Å². The van der Waals surface area contributed by atoms with Gasteiger partial charge >= 0.3 is 0 Å². The predicted molar refractivity (Wildman–Crippen MR) is 65.2 cm³/mol. The number of hydrogen-bond donors (Lipinski definition) is 3. The summed E-state index contributed by atoms with van der Waals surface area (Å²) in [6, 6.07) is 0.359. The van der Waals surface area contributed by atoms with E-state index in [1.165, 1.54) is 42.6 Å². The Bertz CT molecular complexity index is 332. The van der Waals surface area contributed by atoms with Crippen LogP contribution in [0.3, 0.4) is 0 Å². The van der Waals surface area contributed by atoms with Gasteiger partial charge in [-0.15, -0.1) is 0 Å². The minimum absolute atomic E-state index is 0.359. The molecule has 0 spiro atoms. The summed E-state index contributed by atoms with van der Waals surface area (Å²) in [6.07, 6.45) is 6.27. The first-order valence-corrected chi connectivity index (χ1v) is 6.29. The number of fused-ring (bicyclic) bond motifs is 1. The second-order valence-corrected chi connectivity index (χ2v) is 4.71. The number of aromatic amines is 1. The molecule has 1 aromatic heterocycles. The highest BCUT2D eigenvalue weighted by Crippen LogP contribution is 2.21. The zero-order valence-corrected chi connectivity index (χ0v) is 10.1. The Kier molecular flexibility index (Phi) is 3.96. The smallest absolute Gasteiger partial charge is 0.0794 e. The Morgan fingerprint density at radius 1 is 1.38 bits per heavy atom. The number of H-pyrrole nitrogens is 1. The molecule has 0 saturated carbocycles. The van der Waals surface area contributed by atoms with E-state index in [1.54, 1.807) is 0 Å². The predicted octanol–water partition coefficient (Wildman–Crippen LogP) is 1.12. The molecule has 0 saturated heterocycles. The van der Waals surface area contributed by atoms with Crippen molar-refractivity contribution >= 4 is 0 Å². The Morgan fingerprint density at radius 3 is 3.00 bits per heavy atom. The molecule has 2 rings (SSSR count). The van der Waals surface area contributed by atoms with Gasteiger partial charge in [-0.05, 0) is 38.2 Å². The standard InChI is InChI=1S/C12H22N4/c1-9(7-13)14-8-12-10-5-3-2-4-6-11(10)15-16-12/h9,14H,2-8,13H2,1H3,(H,15,16)/t9-/m1/s1. The lowest BCUT2D eigenvalue weighted by Crippen LogP contribution is -2.32. The van der Waals surface area contributed by atoms with Gasteiger partial charge in [0.2, 0.25) is 0 Å². The highest BCUT2D eigenvalue weighted by atomic mass is 15.1. The molecular weight excluding hydrogens is 200 g/mol. The Hall–Kier alpha value is -0.870. The van der Waals surface area contributed by atoms with Gasteiger partial charge in [-0.25, -0.2) is 0 Å². The molecule has 4 heteroatoms. The van der Waals surface area contributed by atoms with Crippen LogP contribution in [0.5, 0.6) is 0 Å². The van der Waals surface area contributed by atoms with E-state index in [0.29, 0.717) is 12.6 Å². The molecule has 0 radical (unpaired) electrons. The quantitative estimate of drug-likeness (QED) is 0.669. The lowest BCUT2D eigenvalue weighted by Gasteiger charge is -2.10. The lowest BCUT2D eigenvalue weighted by atomic mass is 10.1. The fourth-order valence-corrected chi connectivity index (χ4v) is 2.23. The summed E-state index contributed by atoms with van der Waals surface area (Å²) in [7, 11) is 0. The van der Waals surface area contributed by atoms with Crippen LogP contribution in [0, 0.1) is 0 Å². The van der Waals surface area contributed by atoms with Gasteiger partial charge in [-0.2, -0.15) is 5.10 Å². The SMILES string of the molecule is C[C@H](CN)NCc1n[nH]c2c1CCCCC2.